The number of fused-ring (bicyclic) bond motifs is 2. The molecule has 1 fully saturated rings. The molecule has 180 valence electrons. The second-order valence-electron chi connectivity index (χ2n) is 7.84. The third kappa shape index (κ3) is 5.42. The summed E-state index contributed by atoms with van der Waals surface area (Å²) in [6, 6.07) is 11.5. The summed E-state index contributed by atoms with van der Waals surface area (Å²) in [5, 5.41) is 10.7. The Kier molecular flexibility index (Phi) is 7.37. The van der Waals surface area contributed by atoms with Crippen LogP contribution in [0.25, 0.3) is 0 Å². The average molecular weight is 505 g/mol. The van der Waals surface area contributed by atoms with Crippen LogP contribution < -0.4 is 10.1 Å². The van der Waals surface area contributed by atoms with Crippen LogP contribution in [-0.4, -0.2) is 53.7 Å². The molecule has 0 radical (unpaired) electrons. The number of aryl methyl sites for hydroxylation is 1. The van der Waals surface area contributed by atoms with Gasteiger partial charge in [0.1, 0.15) is 22.9 Å². The molecule has 0 saturated carbocycles. The maximum Gasteiger partial charge on any atom is 0.330 e. The van der Waals surface area contributed by atoms with Gasteiger partial charge in [-0.1, -0.05) is 30.3 Å². The van der Waals surface area contributed by atoms with E-state index < -0.39 is 44.1 Å². The molecule has 3 heterocycles. The molecule has 2 N–H and O–H groups in total. The fourth-order valence-electron chi connectivity index (χ4n) is 3.35. The van der Waals surface area contributed by atoms with Crippen LogP contribution in [0, 0.1) is 6.92 Å². The van der Waals surface area contributed by atoms with Crippen LogP contribution in [0.1, 0.15) is 19.4 Å². The molecule has 34 heavy (non-hydrogen) atoms. The molecule has 0 spiro atoms. The van der Waals surface area contributed by atoms with Crippen LogP contribution in [0.3, 0.4) is 0 Å². The third-order valence-electron chi connectivity index (χ3n) is 4.99. The Morgan fingerprint density at radius 1 is 1.15 bits per heavy atom. The average Bonchev–Trinajstić information content (AvgIpc) is 2.75. The maximum absolute atomic E-state index is 12.7. The number of nitrogens with zero attached hydrogens (tertiary/aromatic N) is 1. The summed E-state index contributed by atoms with van der Waals surface area (Å²) < 4.78 is 30.5. The lowest BCUT2D eigenvalue weighted by atomic mass is 9.99. The SMILES string of the molecule is C=C(C)C(C(=O)O)N1C(=O)C(NC(C)=O)C1SS(=O)(=O)c1ccc(C)cc1.c1cc2cc(c1)O2. The van der Waals surface area contributed by atoms with Gasteiger partial charge >= 0.3 is 5.97 Å². The first-order chi connectivity index (χ1) is 15.9. The van der Waals surface area contributed by atoms with Crippen LogP contribution in [0.2, 0.25) is 0 Å². The number of benzene rings is 2. The molecule has 0 aliphatic carbocycles. The van der Waals surface area contributed by atoms with E-state index in [0.29, 0.717) is 10.8 Å². The number of amides is 2. The van der Waals surface area contributed by atoms with Crippen molar-refractivity contribution in [2.75, 3.05) is 0 Å². The second kappa shape index (κ2) is 9.90. The highest BCUT2D eigenvalue weighted by molar-refractivity contribution is 8.72. The molecule has 2 aromatic rings. The van der Waals surface area contributed by atoms with E-state index in [2.05, 4.69) is 11.9 Å². The van der Waals surface area contributed by atoms with Gasteiger partial charge in [0.05, 0.1) is 4.90 Å². The minimum atomic E-state index is -3.90. The molecular formula is C23H24N2O7S2. The predicted octanol–water partition coefficient (Wildman–Crippen LogP) is 2.91. The number of nitrogens with one attached hydrogen (secondary N) is 1. The summed E-state index contributed by atoms with van der Waals surface area (Å²) in [6.07, 6.45) is 0. The van der Waals surface area contributed by atoms with Gasteiger partial charge in [0.2, 0.25) is 20.7 Å². The summed E-state index contributed by atoms with van der Waals surface area (Å²) >= 11 is 0. The number of rotatable bonds is 7. The number of carboxylic acid groups (broad SMARTS) is 1. The van der Waals surface area contributed by atoms with Crippen LogP contribution >= 0.6 is 10.8 Å². The highest BCUT2D eigenvalue weighted by atomic mass is 33.1. The van der Waals surface area contributed by atoms with E-state index in [-0.39, 0.29) is 10.5 Å². The molecule has 1 saturated heterocycles. The minimum absolute atomic E-state index is 0.0289. The Bertz CT molecular complexity index is 1200. The van der Waals surface area contributed by atoms with E-state index in [1.54, 1.807) is 12.1 Å². The number of aliphatic carboxylic acids is 1. The van der Waals surface area contributed by atoms with Crippen molar-refractivity contribution in [3.05, 3.63) is 66.2 Å². The van der Waals surface area contributed by atoms with E-state index in [4.69, 9.17) is 4.74 Å². The van der Waals surface area contributed by atoms with Crippen LogP contribution in [-0.2, 0) is 23.3 Å². The predicted molar refractivity (Wildman–Crippen MR) is 127 cm³/mol. The van der Waals surface area contributed by atoms with Crippen molar-refractivity contribution in [1.29, 1.82) is 0 Å². The van der Waals surface area contributed by atoms with Gasteiger partial charge in [-0.15, -0.1) is 0 Å². The number of carboxylic acids is 1. The number of hydrogen-bond acceptors (Lipinski definition) is 7. The van der Waals surface area contributed by atoms with Crippen molar-refractivity contribution in [2.24, 2.45) is 0 Å². The van der Waals surface area contributed by atoms with Crippen molar-refractivity contribution in [1.82, 2.24) is 10.2 Å². The summed E-state index contributed by atoms with van der Waals surface area (Å²) in [5.74, 6) is -0.545. The maximum atomic E-state index is 12.7. The van der Waals surface area contributed by atoms with Crippen molar-refractivity contribution < 1.29 is 32.6 Å². The van der Waals surface area contributed by atoms with Crippen LogP contribution in [0.5, 0.6) is 11.5 Å². The van der Waals surface area contributed by atoms with E-state index >= 15 is 0 Å². The molecule has 9 nitrogen and oxygen atoms in total. The second-order valence-corrected chi connectivity index (χ2v) is 11.8. The fourth-order valence-corrected chi connectivity index (χ4v) is 6.86. The number of β-lactam (4-membered cyclic amide) rings is 1. The van der Waals surface area contributed by atoms with Crippen molar-refractivity contribution >= 4 is 37.4 Å². The lowest BCUT2D eigenvalue weighted by molar-refractivity contribution is -0.159. The van der Waals surface area contributed by atoms with E-state index in [1.165, 1.54) is 26.0 Å². The number of likely N-dealkylation sites (tertiary alicyclic amines) is 1. The molecule has 0 aromatic heterocycles. The number of hydrogen-bond donors (Lipinski definition) is 2. The topological polar surface area (TPSA) is 130 Å². The molecular weight excluding hydrogens is 480 g/mol. The first kappa shape index (κ1) is 25.3. The van der Waals surface area contributed by atoms with Crippen molar-refractivity contribution in [2.45, 2.75) is 43.1 Å². The summed E-state index contributed by atoms with van der Waals surface area (Å²) in [4.78, 5) is 36.3. The monoisotopic (exact) mass is 504 g/mol. The highest BCUT2D eigenvalue weighted by Gasteiger charge is 2.55. The Balaban J connectivity index is 0.000000387. The molecule has 11 heteroatoms. The van der Waals surface area contributed by atoms with Gasteiger partial charge < -0.3 is 20.1 Å². The minimum Gasteiger partial charge on any atom is -0.479 e. The van der Waals surface area contributed by atoms with Gasteiger partial charge in [0, 0.05) is 23.8 Å². The van der Waals surface area contributed by atoms with Crippen molar-refractivity contribution in [3.63, 3.8) is 0 Å². The largest absolute Gasteiger partial charge is 0.479 e. The smallest absolute Gasteiger partial charge is 0.330 e. The first-order valence-corrected chi connectivity index (χ1v) is 13.0. The molecule has 3 unspecified atom stereocenters. The van der Waals surface area contributed by atoms with Gasteiger partial charge in [0.25, 0.3) is 0 Å². The zero-order valence-electron chi connectivity index (χ0n) is 18.7. The van der Waals surface area contributed by atoms with Gasteiger partial charge in [-0.25, -0.2) is 13.2 Å². The molecule has 2 aromatic carbocycles. The Morgan fingerprint density at radius 2 is 1.71 bits per heavy atom. The Morgan fingerprint density at radius 3 is 2.09 bits per heavy atom. The van der Waals surface area contributed by atoms with Gasteiger partial charge in [-0.05, 0) is 43.7 Å². The van der Waals surface area contributed by atoms with Gasteiger partial charge in [-0.3, -0.25) is 9.59 Å². The molecule has 3 atom stereocenters. The quantitative estimate of drug-likeness (QED) is 0.285. The molecule has 2 amide bonds. The standard InChI is InChI=1S/C17H20N2O6S2.C6H4O/c1-9(2)14(17(22)23)19-15(21)13(18-11(4)20)16(19)26-27(24,25)12-7-5-10(3)6-8-12;1-2-5-4-6(3-1)7-5/h5-8,13-14,16H,1H2,2-4H3,(H,18,20)(H,22,23);1-4H. The fraction of sp³-hybridized carbons (Fsp3) is 0.261. The molecule has 2 bridgehead atoms. The van der Waals surface area contributed by atoms with Crippen LogP contribution in [0.15, 0.2) is 65.6 Å². The Labute approximate surface area is 201 Å². The van der Waals surface area contributed by atoms with E-state index in [9.17, 15) is 27.9 Å². The summed E-state index contributed by atoms with van der Waals surface area (Å²) in [5.41, 5.74) is 1.05. The van der Waals surface area contributed by atoms with Gasteiger partial charge in [-0.2, -0.15) is 0 Å². The molecule has 3 aliphatic heterocycles. The normalized spacial score (nSPS) is 18.8. The van der Waals surface area contributed by atoms with E-state index in [0.717, 1.165) is 22.0 Å². The zero-order chi connectivity index (χ0) is 25.2. The summed E-state index contributed by atoms with van der Waals surface area (Å²) in [7, 11) is -3.47. The first-order valence-electron chi connectivity index (χ1n) is 10.2. The lowest BCUT2D eigenvalue weighted by Gasteiger charge is -2.48. The number of ether oxygens (including phenoxy) is 1. The molecule has 3 aliphatic rings. The third-order valence-corrected chi connectivity index (χ3v) is 8.72. The van der Waals surface area contributed by atoms with Crippen LogP contribution in [0.4, 0.5) is 0 Å². The zero-order valence-corrected chi connectivity index (χ0v) is 20.4. The summed E-state index contributed by atoms with van der Waals surface area (Å²) in [6.45, 7) is 8.02. The van der Waals surface area contributed by atoms with Crippen molar-refractivity contribution in [3.8, 4) is 11.5 Å². The Hall–Kier alpha value is -3.31. The lowest BCUT2D eigenvalue weighted by Crippen LogP contribution is -2.73. The highest BCUT2D eigenvalue weighted by Crippen LogP contribution is 2.39. The number of carbonyl (C=O) groups excluding carboxylic acids is 2. The molecule has 5 rings (SSSR count). The number of carbonyl (C=O) groups is 3. The van der Waals surface area contributed by atoms with Gasteiger partial charge in [0.15, 0.2) is 6.04 Å². The van der Waals surface area contributed by atoms with E-state index in [1.807, 2.05) is 31.2 Å².